The fourth-order valence-corrected chi connectivity index (χ4v) is 1.73. The Morgan fingerprint density at radius 2 is 2.25 bits per heavy atom. The highest BCUT2D eigenvalue weighted by Gasteiger charge is 2.09. The Bertz CT molecular complexity index is 639. The maximum absolute atomic E-state index is 13.8. The van der Waals surface area contributed by atoms with Crippen LogP contribution in [0.5, 0.6) is 0 Å². The van der Waals surface area contributed by atoms with Crippen molar-refractivity contribution in [3.05, 3.63) is 42.2 Å². The maximum Gasteiger partial charge on any atom is 0.151 e. The highest BCUT2D eigenvalue weighted by Crippen LogP contribution is 2.19. The number of fused-ring (bicyclic) bond motifs is 1. The lowest BCUT2D eigenvalue weighted by molar-refractivity contribution is 0.612. The van der Waals surface area contributed by atoms with Gasteiger partial charge in [-0.2, -0.15) is 5.10 Å². The molecule has 0 amide bonds. The van der Waals surface area contributed by atoms with Crippen molar-refractivity contribution in [2.24, 2.45) is 0 Å². The van der Waals surface area contributed by atoms with Gasteiger partial charge in [-0.25, -0.2) is 14.1 Å². The molecule has 2 aromatic heterocycles. The number of H-pyrrole nitrogens is 1. The predicted octanol–water partition coefficient (Wildman–Crippen LogP) is 2.20. The quantitative estimate of drug-likeness (QED) is 0.677. The Morgan fingerprint density at radius 3 is 3.00 bits per heavy atom. The number of nitrogens with zero attached hydrogens (tertiary/aromatic N) is 3. The topological polar surface area (TPSA) is 46.5 Å². The molecule has 0 bridgehead atoms. The predicted molar refractivity (Wildman–Crippen MR) is 57.9 cm³/mol. The maximum atomic E-state index is 13.8. The molecule has 80 valence electrons. The average Bonchev–Trinajstić information content (AvgIpc) is 2.83. The molecule has 0 radical (unpaired) electrons. The van der Waals surface area contributed by atoms with Gasteiger partial charge in [0.15, 0.2) is 5.82 Å². The second-order valence-corrected chi connectivity index (χ2v) is 3.59. The third kappa shape index (κ3) is 1.29. The van der Waals surface area contributed by atoms with Gasteiger partial charge in [-0.1, -0.05) is 0 Å². The third-order valence-corrected chi connectivity index (χ3v) is 2.42. The largest absolute Gasteiger partial charge is 0.342 e. The number of hydrogen-bond donors (Lipinski definition) is 1. The minimum Gasteiger partial charge on any atom is -0.342 e. The molecule has 0 aliphatic rings. The highest BCUT2D eigenvalue weighted by molar-refractivity contribution is 5.77. The summed E-state index contributed by atoms with van der Waals surface area (Å²) >= 11 is 0. The molecular formula is C11H9FN4. The fourth-order valence-electron chi connectivity index (χ4n) is 1.73. The number of aryl methyl sites for hydroxylation is 1. The van der Waals surface area contributed by atoms with E-state index >= 15 is 0 Å². The van der Waals surface area contributed by atoms with Crippen LogP contribution in [0.2, 0.25) is 0 Å². The van der Waals surface area contributed by atoms with Crippen LogP contribution in [0.25, 0.3) is 16.7 Å². The molecule has 0 unspecified atom stereocenters. The number of hydrogen-bond acceptors (Lipinski definition) is 2. The monoisotopic (exact) mass is 216 g/mol. The number of halogens is 1. The van der Waals surface area contributed by atoms with Gasteiger partial charge in [-0.3, -0.25) is 0 Å². The van der Waals surface area contributed by atoms with Crippen LogP contribution < -0.4 is 0 Å². The minimum absolute atomic E-state index is 0.320. The molecule has 16 heavy (non-hydrogen) atoms. The van der Waals surface area contributed by atoms with E-state index in [9.17, 15) is 4.39 Å². The van der Waals surface area contributed by atoms with Crippen LogP contribution >= 0.6 is 0 Å². The van der Waals surface area contributed by atoms with Crippen molar-refractivity contribution in [2.75, 3.05) is 0 Å². The Kier molecular flexibility index (Phi) is 1.80. The molecule has 0 aliphatic heterocycles. The van der Waals surface area contributed by atoms with Crippen molar-refractivity contribution < 1.29 is 4.39 Å². The van der Waals surface area contributed by atoms with Gasteiger partial charge in [0.25, 0.3) is 0 Å². The molecule has 5 heteroatoms. The van der Waals surface area contributed by atoms with Gasteiger partial charge in [-0.15, -0.1) is 0 Å². The summed E-state index contributed by atoms with van der Waals surface area (Å²) in [5, 5.41) is 4.00. The van der Waals surface area contributed by atoms with Crippen molar-refractivity contribution >= 4 is 11.0 Å². The summed E-state index contributed by atoms with van der Waals surface area (Å²) in [5.41, 5.74) is 1.85. The number of aromatic amines is 1. The fraction of sp³-hybridized carbons (Fsp3) is 0.0909. The number of aromatic nitrogens is 4. The first-order chi connectivity index (χ1) is 7.74. The summed E-state index contributed by atoms with van der Waals surface area (Å²) in [6.45, 7) is 1.84. The van der Waals surface area contributed by atoms with E-state index in [4.69, 9.17) is 0 Å². The van der Waals surface area contributed by atoms with Gasteiger partial charge in [0.05, 0.1) is 11.0 Å². The Morgan fingerprint density at radius 1 is 1.38 bits per heavy atom. The van der Waals surface area contributed by atoms with Gasteiger partial charge in [-0.05, 0) is 19.1 Å². The van der Waals surface area contributed by atoms with Gasteiger partial charge < -0.3 is 4.98 Å². The van der Waals surface area contributed by atoms with Crippen LogP contribution in [-0.2, 0) is 0 Å². The average molecular weight is 216 g/mol. The first kappa shape index (κ1) is 9.08. The molecule has 1 N–H and O–H groups in total. The molecule has 0 spiro atoms. The molecule has 4 nitrogen and oxygen atoms in total. The molecule has 2 heterocycles. The number of imidazole rings is 1. The van der Waals surface area contributed by atoms with E-state index in [1.165, 1.54) is 10.7 Å². The summed E-state index contributed by atoms with van der Waals surface area (Å²) in [7, 11) is 0. The van der Waals surface area contributed by atoms with Crippen molar-refractivity contribution in [3.8, 4) is 5.69 Å². The van der Waals surface area contributed by atoms with E-state index in [1.807, 2.05) is 6.92 Å². The standard InChI is InChI=1S/C11H9FN4/c1-7-14-9-5-8(12)11(6-10(9)15-7)16-4-2-3-13-16/h2-6H,1H3,(H,14,15). The highest BCUT2D eigenvalue weighted by atomic mass is 19.1. The lowest BCUT2D eigenvalue weighted by atomic mass is 10.2. The number of rotatable bonds is 1. The zero-order valence-electron chi connectivity index (χ0n) is 8.61. The smallest absolute Gasteiger partial charge is 0.151 e. The Balaban J connectivity index is 2.29. The Hall–Kier alpha value is -2.17. The van der Waals surface area contributed by atoms with Crippen LogP contribution in [0.1, 0.15) is 5.82 Å². The summed E-state index contributed by atoms with van der Waals surface area (Å²) in [6.07, 6.45) is 3.31. The van der Waals surface area contributed by atoms with Gasteiger partial charge in [0.1, 0.15) is 11.5 Å². The molecule has 1 aromatic carbocycles. The van der Waals surface area contributed by atoms with Crippen molar-refractivity contribution in [1.82, 2.24) is 19.7 Å². The molecule has 0 aliphatic carbocycles. The third-order valence-electron chi connectivity index (χ3n) is 2.42. The molecule has 0 atom stereocenters. The first-order valence-corrected chi connectivity index (χ1v) is 4.90. The molecule has 3 aromatic rings. The minimum atomic E-state index is -0.320. The van der Waals surface area contributed by atoms with Crippen LogP contribution in [0.4, 0.5) is 4.39 Å². The van der Waals surface area contributed by atoms with Crippen LogP contribution in [0, 0.1) is 12.7 Å². The lowest BCUT2D eigenvalue weighted by Gasteiger charge is -2.02. The van der Waals surface area contributed by atoms with Crippen LogP contribution in [0.3, 0.4) is 0 Å². The van der Waals surface area contributed by atoms with Crippen molar-refractivity contribution in [2.45, 2.75) is 6.92 Å². The van der Waals surface area contributed by atoms with Crippen LogP contribution in [-0.4, -0.2) is 19.7 Å². The van der Waals surface area contributed by atoms with E-state index in [-0.39, 0.29) is 5.82 Å². The zero-order chi connectivity index (χ0) is 11.1. The lowest BCUT2D eigenvalue weighted by Crippen LogP contribution is -1.97. The first-order valence-electron chi connectivity index (χ1n) is 4.90. The number of benzene rings is 1. The van der Waals surface area contributed by atoms with E-state index in [1.54, 1.807) is 24.5 Å². The van der Waals surface area contributed by atoms with Crippen molar-refractivity contribution in [1.29, 1.82) is 0 Å². The summed E-state index contributed by atoms with van der Waals surface area (Å²) in [6, 6.07) is 4.87. The summed E-state index contributed by atoms with van der Waals surface area (Å²) in [4.78, 5) is 7.25. The molecule has 0 fully saturated rings. The molecule has 0 saturated carbocycles. The summed E-state index contributed by atoms with van der Waals surface area (Å²) < 4.78 is 15.3. The van der Waals surface area contributed by atoms with E-state index in [0.717, 1.165) is 11.3 Å². The zero-order valence-corrected chi connectivity index (χ0v) is 8.61. The second-order valence-electron chi connectivity index (χ2n) is 3.59. The molecular weight excluding hydrogens is 207 g/mol. The van der Waals surface area contributed by atoms with E-state index in [2.05, 4.69) is 15.1 Å². The van der Waals surface area contributed by atoms with Crippen LogP contribution in [0.15, 0.2) is 30.6 Å². The SMILES string of the molecule is Cc1nc2cc(-n3cccn3)c(F)cc2[nH]1. The number of nitrogens with one attached hydrogen (secondary N) is 1. The van der Waals surface area contributed by atoms with E-state index in [0.29, 0.717) is 11.2 Å². The second kappa shape index (κ2) is 3.16. The Labute approximate surface area is 90.7 Å². The van der Waals surface area contributed by atoms with E-state index < -0.39 is 0 Å². The van der Waals surface area contributed by atoms with Gasteiger partial charge in [0, 0.05) is 18.5 Å². The van der Waals surface area contributed by atoms with Gasteiger partial charge >= 0.3 is 0 Å². The molecule has 3 rings (SSSR count). The molecule has 0 saturated heterocycles. The summed E-state index contributed by atoms with van der Waals surface area (Å²) in [5.74, 6) is 0.451. The van der Waals surface area contributed by atoms with Crippen molar-refractivity contribution in [3.63, 3.8) is 0 Å². The van der Waals surface area contributed by atoms with Gasteiger partial charge in [0.2, 0.25) is 0 Å². The normalized spacial score (nSPS) is 11.1.